The minimum absolute atomic E-state index is 0.0738. The first-order valence-corrected chi connectivity index (χ1v) is 7.25. The number of rotatable bonds is 5. The van der Waals surface area contributed by atoms with Gasteiger partial charge < -0.3 is 9.47 Å². The molecule has 118 valence electrons. The van der Waals surface area contributed by atoms with E-state index in [1.165, 1.54) is 0 Å². The number of hydrogen-bond donors (Lipinski definition) is 0. The summed E-state index contributed by atoms with van der Waals surface area (Å²) in [6.45, 7) is 15.0. The van der Waals surface area contributed by atoms with Gasteiger partial charge in [-0.2, -0.15) is 0 Å². The molecule has 0 unspecified atom stereocenters. The molecule has 0 bridgehead atoms. The molecule has 0 saturated heterocycles. The van der Waals surface area contributed by atoms with Crippen LogP contribution in [0.15, 0.2) is 0 Å². The van der Waals surface area contributed by atoms with Crippen molar-refractivity contribution in [2.45, 2.75) is 79.4 Å². The number of ether oxygens (including phenoxy) is 2. The van der Waals surface area contributed by atoms with Gasteiger partial charge in [-0.3, -0.25) is 9.59 Å². The summed E-state index contributed by atoms with van der Waals surface area (Å²) in [5.41, 5.74) is -1.08. The van der Waals surface area contributed by atoms with Gasteiger partial charge in [-0.25, -0.2) is 0 Å². The van der Waals surface area contributed by atoms with Crippen LogP contribution in [-0.4, -0.2) is 23.1 Å². The monoisotopic (exact) mass is 286 g/mol. The highest BCUT2D eigenvalue weighted by atomic mass is 16.6. The summed E-state index contributed by atoms with van der Waals surface area (Å²) in [7, 11) is 0. The van der Waals surface area contributed by atoms with E-state index in [0.29, 0.717) is 12.3 Å². The lowest BCUT2D eigenvalue weighted by molar-refractivity contribution is -0.167. The van der Waals surface area contributed by atoms with Gasteiger partial charge in [0, 0.05) is 0 Å². The van der Waals surface area contributed by atoms with E-state index in [0.717, 1.165) is 0 Å². The smallest absolute Gasteiger partial charge is 0.310 e. The van der Waals surface area contributed by atoms with Crippen molar-refractivity contribution >= 4 is 11.9 Å². The van der Waals surface area contributed by atoms with Crippen LogP contribution in [0.1, 0.15) is 68.2 Å². The molecule has 0 radical (unpaired) electrons. The quantitative estimate of drug-likeness (QED) is 0.723. The lowest BCUT2D eigenvalue weighted by Gasteiger charge is -2.26. The number of carbonyl (C=O) groups is 2. The predicted molar refractivity (Wildman–Crippen MR) is 79.3 cm³/mol. The predicted octanol–water partition coefficient (Wildman–Crippen LogP) is 3.72. The van der Waals surface area contributed by atoms with Crippen molar-refractivity contribution < 1.29 is 19.1 Å². The second kappa shape index (κ2) is 7.09. The van der Waals surface area contributed by atoms with E-state index >= 15 is 0 Å². The van der Waals surface area contributed by atoms with Crippen LogP contribution in [0.3, 0.4) is 0 Å². The average Bonchev–Trinajstić information content (AvgIpc) is 2.09. The van der Waals surface area contributed by atoms with Gasteiger partial charge in [-0.05, 0) is 53.9 Å². The summed E-state index contributed by atoms with van der Waals surface area (Å²) in [5.74, 6) is -0.801. The Morgan fingerprint density at radius 2 is 1.35 bits per heavy atom. The third-order valence-corrected chi connectivity index (χ3v) is 2.33. The topological polar surface area (TPSA) is 52.6 Å². The van der Waals surface area contributed by atoms with Gasteiger partial charge in [-0.15, -0.1) is 0 Å². The highest BCUT2D eigenvalue weighted by molar-refractivity contribution is 5.80. The van der Waals surface area contributed by atoms with Crippen LogP contribution < -0.4 is 0 Å². The zero-order valence-electron chi connectivity index (χ0n) is 14.2. The summed E-state index contributed by atoms with van der Waals surface area (Å²) in [6.07, 6.45) is 0.693. The van der Waals surface area contributed by atoms with Crippen LogP contribution in [0.2, 0.25) is 0 Å². The molecule has 0 amide bonds. The molecule has 0 aromatic heterocycles. The molecule has 0 saturated carbocycles. The van der Waals surface area contributed by atoms with Crippen LogP contribution in [0.4, 0.5) is 0 Å². The van der Waals surface area contributed by atoms with Crippen LogP contribution in [0.5, 0.6) is 0 Å². The van der Waals surface area contributed by atoms with E-state index in [1.54, 1.807) is 0 Å². The molecule has 1 atom stereocenters. The van der Waals surface area contributed by atoms with Gasteiger partial charge in [-0.1, -0.05) is 13.8 Å². The molecule has 0 aliphatic carbocycles. The molecular weight excluding hydrogens is 256 g/mol. The van der Waals surface area contributed by atoms with E-state index in [1.807, 2.05) is 55.4 Å². The second-order valence-corrected chi connectivity index (χ2v) is 7.65. The largest absolute Gasteiger partial charge is 0.460 e. The van der Waals surface area contributed by atoms with Gasteiger partial charge in [0.15, 0.2) is 0 Å². The normalized spacial score (nSPS) is 14.1. The minimum Gasteiger partial charge on any atom is -0.460 e. The number of esters is 2. The standard InChI is InChI=1S/C16H30O4/c1-11(2)9-12(14(18)20-16(6,7)8)10-13(17)19-15(3,4)5/h11-12H,9-10H2,1-8H3/t12-/m1/s1. The summed E-state index contributed by atoms with van der Waals surface area (Å²) < 4.78 is 10.7. The second-order valence-electron chi connectivity index (χ2n) is 7.65. The van der Waals surface area contributed by atoms with Gasteiger partial charge >= 0.3 is 11.9 Å². The summed E-state index contributed by atoms with van der Waals surface area (Å²) >= 11 is 0. The van der Waals surface area contributed by atoms with Crippen LogP contribution in [-0.2, 0) is 19.1 Å². The zero-order chi connectivity index (χ0) is 16.1. The molecular formula is C16H30O4. The van der Waals surface area contributed by atoms with Gasteiger partial charge in [0.05, 0.1) is 12.3 Å². The molecule has 0 spiro atoms. The molecule has 0 heterocycles. The molecule has 0 aliphatic heterocycles. The maximum atomic E-state index is 12.2. The summed E-state index contributed by atoms with van der Waals surface area (Å²) in [6, 6.07) is 0. The van der Waals surface area contributed by atoms with Crippen molar-refractivity contribution in [2.75, 3.05) is 0 Å². The van der Waals surface area contributed by atoms with Crippen molar-refractivity contribution in [1.29, 1.82) is 0 Å². The van der Waals surface area contributed by atoms with E-state index in [-0.39, 0.29) is 18.4 Å². The first-order chi connectivity index (χ1) is 8.80. The maximum absolute atomic E-state index is 12.2. The van der Waals surface area contributed by atoms with E-state index in [9.17, 15) is 9.59 Å². The lowest BCUT2D eigenvalue weighted by atomic mass is 9.94. The number of carbonyl (C=O) groups excluding carboxylic acids is 2. The Kier molecular flexibility index (Phi) is 6.72. The third kappa shape index (κ3) is 9.82. The van der Waals surface area contributed by atoms with E-state index < -0.39 is 17.1 Å². The van der Waals surface area contributed by atoms with Crippen molar-refractivity contribution in [3.05, 3.63) is 0 Å². The molecule has 20 heavy (non-hydrogen) atoms. The van der Waals surface area contributed by atoms with Crippen molar-refractivity contribution in [3.63, 3.8) is 0 Å². The molecule has 0 rings (SSSR count). The van der Waals surface area contributed by atoms with Gasteiger partial charge in [0.1, 0.15) is 11.2 Å². The number of hydrogen-bond acceptors (Lipinski definition) is 4. The molecule has 0 aromatic rings. The van der Waals surface area contributed by atoms with Crippen LogP contribution >= 0.6 is 0 Å². The highest BCUT2D eigenvalue weighted by Gasteiger charge is 2.29. The Morgan fingerprint density at radius 3 is 1.70 bits per heavy atom. The van der Waals surface area contributed by atoms with E-state index in [4.69, 9.17) is 9.47 Å². The van der Waals surface area contributed by atoms with Crippen molar-refractivity contribution in [2.24, 2.45) is 11.8 Å². The van der Waals surface area contributed by atoms with Crippen LogP contribution in [0.25, 0.3) is 0 Å². The Labute approximate surface area is 123 Å². The Hall–Kier alpha value is -1.06. The fourth-order valence-corrected chi connectivity index (χ4v) is 1.80. The maximum Gasteiger partial charge on any atom is 0.310 e. The molecule has 0 aliphatic rings. The first kappa shape index (κ1) is 18.9. The molecule has 4 nitrogen and oxygen atoms in total. The molecule has 4 heteroatoms. The fraction of sp³-hybridized carbons (Fsp3) is 0.875. The van der Waals surface area contributed by atoms with Gasteiger partial charge in [0.25, 0.3) is 0 Å². The van der Waals surface area contributed by atoms with Crippen molar-refractivity contribution in [1.82, 2.24) is 0 Å². The summed E-state index contributed by atoms with van der Waals surface area (Å²) in [5, 5.41) is 0. The Morgan fingerprint density at radius 1 is 0.900 bits per heavy atom. The molecule has 0 aromatic carbocycles. The Balaban J connectivity index is 4.73. The fourth-order valence-electron chi connectivity index (χ4n) is 1.80. The van der Waals surface area contributed by atoms with Gasteiger partial charge in [0.2, 0.25) is 0 Å². The van der Waals surface area contributed by atoms with Crippen LogP contribution in [0, 0.1) is 11.8 Å². The molecule has 0 N–H and O–H groups in total. The molecule has 0 fully saturated rings. The zero-order valence-corrected chi connectivity index (χ0v) is 14.2. The SMILES string of the molecule is CC(C)C[C@H](CC(=O)OC(C)(C)C)C(=O)OC(C)(C)C. The average molecular weight is 286 g/mol. The lowest BCUT2D eigenvalue weighted by Crippen LogP contribution is -2.32. The Bertz CT molecular complexity index is 331. The third-order valence-electron chi connectivity index (χ3n) is 2.33. The highest BCUT2D eigenvalue weighted by Crippen LogP contribution is 2.22. The van der Waals surface area contributed by atoms with Crippen molar-refractivity contribution in [3.8, 4) is 0 Å². The summed E-state index contributed by atoms with van der Waals surface area (Å²) in [4.78, 5) is 24.1. The van der Waals surface area contributed by atoms with E-state index in [2.05, 4.69) is 0 Å². The minimum atomic E-state index is -0.541. The first-order valence-electron chi connectivity index (χ1n) is 7.25.